The van der Waals surface area contributed by atoms with Gasteiger partial charge in [0.2, 0.25) is 15.9 Å². The van der Waals surface area contributed by atoms with Crippen molar-refractivity contribution < 1.29 is 13.2 Å². The Morgan fingerprint density at radius 2 is 1.40 bits per heavy atom. The summed E-state index contributed by atoms with van der Waals surface area (Å²) in [6, 6.07) is 14.7. The lowest BCUT2D eigenvalue weighted by molar-refractivity contribution is -0.116. The van der Waals surface area contributed by atoms with Crippen molar-refractivity contribution >= 4 is 21.6 Å². The number of nitrogens with zero attached hydrogens (tertiary/aromatic N) is 2. The maximum absolute atomic E-state index is 12.5. The average molecular weight is 432 g/mol. The van der Waals surface area contributed by atoms with Crippen LogP contribution in [0.15, 0.2) is 53.4 Å². The quantitative estimate of drug-likeness (QED) is 0.592. The van der Waals surface area contributed by atoms with Gasteiger partial charge in [0.05, 0.1) is 4.90 Å². The molecule has 0 spiro atoms. The van der Waals surface area contributed by atoms with Crippen LogP contribution < -0.4 is 5.32 Å². The maximum atomic E-state index is 12.5. The van der Waals surface area contributed by atoms with Crippen molar-refractivity contribution in [3.63, 3.8) is 0 Å². The molecular formula is C23H33N3O3S. The summed E-state index contributed by atoms with van der Waals surface area (Å²) in [7, 11) is 0.644. The van der Waals surface area contributed by atoms with Crippen molar-refractivity contribution in [2.75, 3.05) is 39.0 Å². The van der Waals surface area contributed by atoms with Crippen LogP contribution in [0.1, 0.15) is 31.4 Å². The fraction of sp³-hybridized carbons (Fsp3) is 0.435. The third kappa shape index (κ3) is 6.93. The van der Waals surface area contributed by atoms with E-state index in [1.807, 2.05) is 52.2 Å². The van der Waals surface area contributed by atoms with Crippen LogP contribution in [-0.2, 0) is 27.7 Å². The largest absolute Gasteiger partial charge is 0.326 e. The van der Waals surface area contributed by atoms with Crippen LogP contribution in [0.2, 0.25) is 0 Å². The topological polar surface area (TPSA) is 69.7 Å². The molecule has 30 heavy (non-hydrogen) atoms. The number of carbonyl (C=O) groups is 1. The molecule has 0 aliphatic heterocycles. The zero-order valence-corrected chi connectivity index (χ0v) is 19.2. The molecule has 0 bridgehead atoms. The maximum Gasteiger partial charge on any atom is 0.243 e. The van der Waals surface area contributed by atoms with Crippen LogP contribution in [0.25, 0.3) is 0 Å². The summed E-state index contributed by atoms with van der Waals surface area (Å²) in [6.07, 6.45) is 1.87. The van der Waals surface area contributed by atoms with Gasteiger partial charge in [-0.2, -0.15) is 4.31 Å². The first-order valence-corrected chi connectivity index (χ1v) is 11.8. The fourth-order valence-corrected chi connectivity index (χ4v) is 4.59. The van der Waals surface area contributed by atoms with Crippen LogP contribution in [0, 0.1) is 0 Å². The monoisotopic (exact) mass is 431 g/mol. The van der Waals surface area contributed by atoms with Gasteiger partial charge in [-0.05, 0) is 62.3 Å². The number of aryl methyl sites for hydroxylation is 1. The predicted molar refractivity (Wildman–Crippen MR) is 122 cm³/mol. The number of carbonyl (C=O) groups excluding carboxylic acids is 1. The molecule has 1 N–H and O–H groups in total. The van der Waals surface area contributed by atoms with E-state index in [-0.39, 0.29) is 10.8 Å². The Bertz CT molecular complexity index is 904. The van der Waals surface area contributed by atoms with Crippen LogP contribution >= 0.6 is 0 Å². The number of hydrogen-bond donors (Lipinski definition) is 1. The molecule has 2 aromatic rings. The lowest BCUT2D eigenvalue weighted by atomic mass is 10.1. The van der Waals surface area contributed by atoms with Crippen LogP contribution in [0.3, 0.4) is 0 Å². The van der Waals surface area contributed by atoms with Gasteiger partial charge in [0.1, 0.15) is 0 Å². The van der Waals surface area contributed by atoms with E-state index in [9.17, 15) is 13.2 Å². The Morgan fingerprint density at radius 3 is 1.93 bits per heavy atom. The second kappa shape index (κ2) is 11.2. The Kier molecular flexibility index (Phi) is 9.02. The van der Waals surface area contributed by atoms with E-state index in [1.54, 1.807) is 24.3 Å². The molecule has 0 aliphatic carbocycles. The van der Waals surface area contributed by atoms with Gasteiger partial charge in [-0.25, -0.2) is 8.42 Å². The van der Waals surface area contributed by atoms with E-state index in [0.717, 1.165) is 24.2 Å². The first kappa shape index (κ1) is 24.1. The standard InChI is InChI=1S/C23H33N3O3S/c1-5-26(6-2)30(28,29)22-14-9-19(10-15-22)11-16-23(27)24-21-12-7-20(8-13-21)17-18-25(3)4/h7-10,12-15H,5-6,11,16-18H2,1-4H3,(H,24,27). The van der Waals surface area contributed by atoms with Crippen LogP contribution in [-0.4, -0.2) is 57.3 Å². The minimum absolute atomic E-state index is 0.0594. The third-order valence-corrected chi connectivity index (χ3v) is 7.06. The minimum Gasteiger partial charge on any atom is -0.326 e. The normalized spacial score (nSPS) is 11.8. The SMILES string of the molecule is CCN(CC)S(=O)(=O)c1ccc(CCC(=O)Nc2ccc(CCN(C)C)cc2)cc1. The van der Waals surface area contributed by atoms with Crippen LogP contribution in [0.5, 0.6) is 0 Å². The summed E-state index contributed by atoms with van der Waals surface area (Å²) in [5, 5.41) is 2.92. The molecule has 2 aromatic carbocycles. The van der Waals surface area contributed by atoms with Gasteiger partial charge in [-0.15, -0.1) is 0 Å². The number of hydrogen-bond acceptors (Lipinski definition) is 4. The van der Waals surface area contributed by atoms with Gasteiger partial charge >= 0.3 is 0 Å². The van der Waals surface area contributed by atoms with E-state index in [0.29, 0.717) is 25.9 Å². The molecule has 0 saturated heterocycles. The Morgan fingerprint density at radius 1 is 0.867 bits per heavy atom. The molecule has 0 heterocycles. The molecule has 0 atom stereocenters. The zero-order valence-electron chi connectivity index (χ0n) is 18.4. The fourth-order valence-electron chi connectivity index (χ4n) is 3.13. The molecule has 1 amide bonds. The Balaban J connectivity index is 1.87. The van der Waals surface area contributed by atoms with Gasteiger partial charge in [0.25, 0.3) is 0 Å². The van der Waals surface area contributed by atoms with Gasteiger partial charge in [0.15, 0.2) is 0 Å². The lowest BCUT2D eigenvalue weighted by Gasteiger charge is -2.18. The molecule has 0 aromatic heterocycles. The second-order valence-corrected chi connectivity index (χ2v) is 9.47. The summed E-state index contributed by atoms with van der Waals surface area (Å²) in [5.41, 5.74) is 2.96. The molecule has 6 nitrogen and oxygen atoms in total. The molecule has 0 aliphatic rings. The average Bonchev–Trinajstić information content (AvgIpc) is 2.72. The number of sulfonamides is 1. The van der Waals surface area contributed by atoms with Gasteiger partial charge in [-0.3, -0.25) is 4.79 Å². The van der Waals surface area contributed by atoms with Crippen molar-refractivity contribution in [1.82, 2.24) is 9.21 Å². The molecule has 0 radical (unpaired) electrons. The van der Waals surface area contributed by atoms with Crippen molar-refractivity contribution in [2.24, 2.45) is 0 Å². The molecular weight excluding hydrogens is 398 g/mol. The number of benzene rings is 2. The van der Waals surface area contributed by atoms with Crippen molar-refractivity contribution in [2.45, 2.75) is 38.0 Å². The lowest BCUT2D eigenvalue weighted by Crippen LogP contribution is -2.30. The molecule has 0 unspecified atom stereocenters. The smallest absolute Gasteiger partial charge is 0.243 e. The molecule has 164 valence electrons. The first-order chi connectivity index (χ1) is 14.3. The summed E-state index contributed by atoms with van der Waals surface area (Å²) < 4.78 is 26.5. The molecule has 0 fully saturated rings. The van der Waals surface area contributed by atoms with Gasteiger partial charge in [0, 0.05) is 31.7 Å². The van der Waals surface area contributed by atoms with E-state index in [4.69, 9.17) is 0 Å². The summed E-state index contributed by atoms with van der Waals surface area (Å²) in [5.74, 6) is -0.0594. The highest BCUT2D eigenvalue weighted by Gasteiger charge is 2.21. The van der Waals surface area contributed by atoms with Crippen LogP contribution in [0.4, 0.5) is 5.69 Å². The molecule has 2 rings (SSSR count). The number of likely N-dealkylation sites (N-methyl/N-ethyl adjacent to an activating group) is 1. The summed E-state index contributed by atoms with van der Waals surface area (Å²) in [4.78, 5) is 14.7. The highest BCUT2D eigenvalue weighted by molar-refractivity contribution is 7.89. The minimum atomic E-state index is -3.45. The van der Waals surface area contributed by atoms with E-state index >= 15 is 0 Å². The van der Waals surface area contributed by atoms with Crippen molar-refractivity contribution in [3.8, 4) is 0 Å². The molecule has 7 heteroatoms. The van der Waals surface area contributed by atoms with Gasteiger partial charge in [-0.1, -0.05) is 38.1 Å². The Hall–Kier alpha value is -2.22. The highest BCUT2D eigenvalue weighted by atomic mass is 32.2. The number of rotatable bonds is 11. The predicted octanol–water partition coefficient (Wildman–Crippen LogP) is 3.39. The summed E-state index contributed by atoms with van der Waals surface area (Å²) >= 11 is 0. The van der Waals surface area contributed by atoms with Gasteiger partial charge < -0.3 is 10.2 Å². The Labute approximate surface area is 180 Å². The van der Waals surface area contributed by atoms with E-state index < -0.39 is 10.0 Å². The van der Waals surface area contributed by atoms with E-state index in [1.165, 1.54) is 9.87 Å². The summed E-state index contributed by atoms with van der Waals surface area (Å²) in [6.45, 7) is 5.52. The first-order valence-electron chi connectivity index (χ1n) is 10.4. The second-order valence-electron chi connectivity index (χ2n) is 7.53. The van der Waals surface area contributed by atoms with E-state index in [2.05, 4.69) is 10.2 Å². The van der Waals surface area contributed by atoms with Crippen molar-refractivity contribution in [3.05, 3.63) is 59.7 Å². The van der Waals surface area contributed by atoms with Crippen molar-refractivity contribution in [1.29, 1.82) is 0 Å². The zero-order chi connectivity index (χ0) is 22.1. The number of amides is 1. The number of nitrogens with one attached hydrogen (secondary N) is 1. The third-order valence-electron chi connectivity index (χ3n) is 4.99. The molecule has 0 saturated carbocycles. The highest BCUT2D eigenvalue weighted by Crippen LogP contribution is 2.17. The number of anilines is 1.